The minimum Gasteiger partial charge on any atom is -0.489 e. The van der Waals surface area contributed by atoms with Crippen molar-refractivity contribution in [3.63, 3.8) is 0 Å². The first kappa shape index (κ1) is 22.4. The number of benzene rings is 3. The lowest BCUT2D eigenvalue weighted by Gasteiger charge is -2.14. The Morgan fingerprint density at radius 1 is 1.00 bits per heavy atom. The smallest absolute Gasteiger partial charge is 0.271 e. The average Bonchev–Trinajstić information content (AvgIpc) is 3.48. The van der Waals surface area contributed by atoms with Gasteiger partial charge in [0, 0.05) is 22.2 Å². The van der Waals surface area contributed by atoms with Crippen LogP contribution in [0.3, 0.4) is 0 Å². The predicted molar refractivity (Wildman–Crippen MR) is 141 cm³/mol. The number of amides is 1. The monoisotopic (exact) mass is 503 g/mol. The van der Waals surface area contributed by atoms with Crippen LogP contribution in [0.15, 0.2) is 100 Å². The summed E-state index contributed by atoms with van der Waals surface area (Å²) >= 11 is 8.96. The Morgan fingerprint density at radius 3 is 2.50 bits per heavy atom. The molecule has 1 aromatic heterocycles. The van der Waals surface area contributed by atoms with Crippen LogP contribution in [0, 0.1) is 0 Å². The first-order valence-electron chi connectivity index (χ1n) is 10.4. The fourth-order valence-corrected chi connectivity index (χ4v) is 5.03. The molecule has 0 aliphatic carbocycles. The molecular weight excluding hydrogens is 486 g/mol. The molecule has 8 heteroatoms. The van der Waals surface area contributed by atoms with E-state index in [-0.39, 0.29) is 5.91 Å². The van der Waals surface area contributed by atoms with Crippen molar-refractivity contribution >= 4 is 62.7 Å². The second-order valence-corrected chi connectivity index (χ2v) is 9.53. The number of aromatic nitrogens is 1. The molecule has 1 fully saturated rings. The molecule has 34 heavy (non-hydrogen) atoms. The maximum Gasteiger partial charge on any atom is 0.271 e. The van der Waals surface area contributed by atoms with E-state index in [1.807, 2.05) is 90.3 Å². The van der Waals surface area contributed by atoms with E-state index in [2.05, 4.69) is 9.98 Å². The van der Waals surface area contributed by atoms with E-state index in [1.165, 1.54) is 23.1 Å². The van der Waals surface area contributed by atoms with Gasteiger partial charge in [0.15, 0.2) is 5.17 Å². The van der Waals surface area contributed by atoms with Crippen molar-refractivity contribution in [1.82, 2.24) is 4.98 Å². The number of halogens is 1. The molecule has 0 bridgehead atoms. The molecule has 168 valence electrons. The first-order chi connectivity index (χ1) is 16.7. The molecule has 5 rings (SSSR count). The summed E-state index contributed by atoms with van der Waals surface area (Å²) in [5, 5.41) is 3.73. The maximum atomic E-state index is 13.3. The number of nitrogens with zero attached hydrogens (tertiary/aromatic N) is 3. The van der Waals surface area contributed by atoms with Crippen LogP contribution in [0.25, 0.3) is 6.08 Å². The highest BCUT2D eigenvalue weighted by Gasteiger charge is 2.34. The number of thioether (sulfide) groups is 1. The van der Waals surface area contributed by atoms with Crippen molar-refractivity contribution in [2.75, 3.05) is 4.90 Å². The van der Waals surface area contributed by atoms with Crippen LogP contribution in [0.1, 0.15) is 11.1 Å². The molecule has 5 nitrogen and oxygen atoms in total. The molecule has 4 aromatic rings. The standard InChI is InChI=1S/C26H18ClN3O2S2/c27-22-9-5-4-6-19(22)17-32-21-12-10-18(11-13-21)16-23-24(31)30(20-7-2-1-3-8-20)26(34-23)29-25-28-14-15-33-25/h1-16H,17H2/b23-16-,29-26+. The zero-order valence-corrected chi connectivity index (χ0v) is 20.2. The third-order valence-electron chi connectivity index (χ3n) is 4.96. The number of hydrogen-bond donors (Lipinski definition) is 0. The lowest BCUT2D eigenvalue weighted by molar-refractivity contribution is -0.113. The zero-order valence-electron chi connectivity index (χ0n) is 17.8. The second kappa shape index (κ2) is 10.3. The number of carbonyl (C=O) groups excluding carboxylic acids is 1. The van der Waals surface area contributed by atoms with Crippen molar-refractivity contribution in [2.24, 2.45) is 4.99 Å². The number of aliphatic imine (C=N–C) groups is 1. The van der Waals surface area contributed by atoms with Gasteiger partial charge in [-0.25, -0.2) is 4.98 Å². The first-order valence-corrected chi connectivity index (χ1v) is 12.5. The van der Waals surface area contributed by atoms with Crippen LogP contribution in [-0.4, -0.2) is 16.1 Å². The number of amidine groups is 1. The average molecular weight is 504 g/mol. The molecule has 0 unspecified atom stereocenters. The Hall–Kier alpha value is -3.39. The molecule has 0 atom stereocenters. The third-order valence-corrected chi connectivity index (χ3v) is 6.96. The van der Waals surface area contributed by atoms with E-state index >= 15 is 0 Å². The van der Waals surface area contributed by atoms with Crippen molar-refractivity contribution < 1.29 is 9.53 Å². The molecule has 0 saturated carbocycles. The van der Waals surface area contributed by atoms with Crippen LogP contribution in [0.4, 0.5) is 10.8 Å². The van der Waals surface area contributed by atoms with Gasteiger partial charge in [-0.1, -0.05) is 60.1 Å². The SMILES string of the molecule is O=C1/C(=C/c2ccc(OCc3ccccc3Cl)cc2)S/C(=N/c2nccs2)N1c1ccccc1. The van der Waals surface area contributed by atoms with E-state index < -0.39 is 0 Å². The number of para-hydroxylation sites is 1. The van der Waals surface area contributed by atoms with E-state index in [4.69, 9.17) is 16.3 Å². The van der Waals surface area contributed by atoms with Gasteiger partial charge in [-0.05, 0) is 53.7 Å². The molecule has 1 aliphatic rings. The third kappa shape index (κ3) is 5.07. The topological polar surface area (TPSA) is 54.8 Å². The highest BCUT2D eigenvalue weighted by Crippen LogP contribution is 2.37. The minimum absolute atomic E-state index is 0.120. The molecule has 0 N–H and O–H groups in total. The summed E-state index contributed by atoms with van der Waals surface area (Å²) in [7, 11) is 0. The Morgan fingerprint density at radius 2 is 1.76 bits per heavy atom. The van der Waals surface area contributed by atoms with Crippen LogP contribution >= 0.6 is 34.7 Å². The van der Waals surface area contributed by atoms with E-state index in [9.17, 15) is 4.79 Å². The lowest BCUT2D eigenvalue weighted by Crippen LogP contribution is -2.28. The number of anilines is 1. The predicted octanol–water partition coefficient (Wildman–Crippen LogP) is 7.18. The van der Waals surface area contributed by atoms with E-state index in [1.54, 1.807) is 11.1 Å². The fraction of sp³-hybridized carbons (Fsp3) is 0.0385. The summed E-state index contributed by atoms with van der Waals surface area (Å²) in [4.78, 5) is 24.4. The zero-order chi connectivity index (χ0) is 23.3. The highest BCUT2D eigenvalue weighted by molar-refractivity contribution is 8.19. The van der Waals surface area contributed by atoms with Gasteiger partial charge in [0.2, 0.25) is 5.13 Å². The van der Waals surface area contributed by atoms with Crippen molar-refractivity contribution in [1.29, 1.82) is 0 Å². The molecule has 0 spiro atoms. The second-order valence-electron chi connectivity index (χ2n) is 7.24. The van der Waals surface area contributed by atoms with Crippen molar-refractivity contribution in [2.45, 2.75) is 6.61 Å². The largest absolute Gasteiger partial charge is 0.489 e. The summed E-state index contributed by atoms with van der Waals surface area (Å²) in [6.07, 6.45) is 3.57. The number of hydrogen-bond acceptors (Lipinski definition) is 6. The Balaban J connectivity index is 1.36. The molecular formula is C26H18ClN3O2S2. The molecule has 1 aliphatic heterocycles. The van der Waals surface area contributed by atoms with Crippen molar-refractivity contribution in [3.8, 4) is 5.75 Å². The molecule has 3 aromatic carbocycles. The van der Waals surface area contributed by atoms with Gasteiger partial charge < -0.3 is 4.74 Å². The van der Waals surface area contributed by atoms with E-state index in [0.717, 1.165) is 22.6 Å². The highest BCUT2D eigenvalue weighted by atomic mass is 35.5. The Kier molecular flexibility index (Phi) is 6.76. The molecule has 0 radical (unpaired) electrons. The van der Waals surface area contributed by atoms with Gasteiger partial charge in [-0.2, -0.15) is 4.99 Å². The quantitative estimate of drug-likeness (QED) is 0.261. The summed E-state index contributed by atoms with van der Waals surface area (Å²) in [6.45, 7) is 0.386. The van der Waals surface area contributed by atoms with Crippen LogP contribution in [0.5, 0.6) is 5.75 Å². The van der Waals surface area contributed by atoms with Gasteiger partial charge in [-0.3, -0.25) is 9.69 Å². The Bertz CT molecular complexity index is 1350. The number of rotatable bonds is 6. The summed E-state index contributed by atoms with van der Waals surface area (Å²) in [5.74, 6) is 0.606. The normalized spacial score (nSPS) is 15.9. The van der Waals surface area contributed by atoms with Gasteiger partial charge >= 0.3 is 0 Å². The minimum atomic E-state index is -0.120. The van der Waals surface area contributed by atoms with Crippen LogP contribution in [0.2, 0.25) is 5.02 Å². The van der Waals surface area contributed by atoms with E-state index in [0.29, 0.717) is 26.8 Å². The summed E-state index contributed by atoms with van der Waals surface area (Å²) < 4.78 is 5.86. The van der Waals surface area contributed by atoms with Crippen LogP contribution in [-0.2, 0) is 11.4 Å². The molecule has 1 saturated heterocycles. The number of ether oxygens (including phenoxy) is 1. The Labute approximate surface area is 210 Å². The maximum absolute atomic E-state index is 13.3. The fourth-order valence-electron chi connectivity index (χ4n) is 3.29. The summed E-state index contributed by atoms with van der Waals surface area (Å²) in [6, 6.07) is 24.7. The molecule has 1 amide bonds. The summed E-state index contributed by atoms with van der Waals surface area (Å²) in [5.41, 5.74) is 2.59. The van der Waals surface area contributed by atoms with Crippen molar-refractivity contribution in [3.05, 3.63) is 111 Å². The van der Waals surface area contributed by atoms with Gasteiger partial charge in [0.1, 0.15) is 12.4 Å². The van der Waals surface area contributed by atoms with Gasteiger partial charge in [0.05, 0.1) is 10.6 Å². The van der Waals surface area contributed by atoms with Crippen LogP contribution < -0.4 is 9.64 Å². The van der Waals surface area contributed by atoms with Gasteiger partial charge in [0.25, 0.3) is 5.91 Å². The lowest BCUT2D eigenvalue weighted by atomic mass is 10.2. The number of thiazole rings is 1. The number of carbonyl (C=O) groups is 1. The molecule has 2 heterocycles. The van der Waals surface area contributed by atoms with Gasteiger partial charge in [-0.15, -0.1) is 11.3 Å².